The van der Waals surface area contributed by atoms with Gasteiger partial charge in [-0.05, 0) is 41.9 Å². The van der Waals surface area contributed by atoms with E-state index in [2.05, 4.69) is 20.9 Å². The van der Waals surface area contributed by atoms with Crippen molar-refractivity contribution in [3.05, 3.63) is 22.6 Å². The Kier molecular flexibility index (Phi) is 4.98. The Morgan fingerprint density at radius 1 is 1.60 bits per heavy atom. The van der Waals surface area contributed by atoms with E-state index in [4.69, 9.17) is 5.73 Å². The molecule has 0 atom stereocenters. The lowest BCUT2D eigenvalue weighted by molar-refractivity contribution is 0.606. The molecule has 5 heteroatoms. The van der Waals surface area contributed by atoms with Gasteiger partial charge in [0.15, 0.2) is 11.6 Å². The number of halogens is 2. The molecule has 0 aliphatic carbocycles. The lowest BCUT2D eigenvalue weighted by atomic mass is 10.3. The third-order valence-corrected chi connectivity index (χ3v) is 2.54. The number of anilines is 1. The Morgan fingerprint density at radius 3 is 2.87 bits per heavy atom. The molecule has 0 saturated carbocycles. The summed E-state index contributed by atoms with van der Waals surface area (Å²) in [6, 6.07) is 1.42. The number of nitrogens with zero attached hydrogens (tertiary/aromatic N) is 2. The molecule has 1 rings (SSSR count). The van der Waals surface area contributed by atoms with Crippen molar-refractivity contribution < 1.29 is 4.39 Å². The van der Waals surface area contributed by atoms with Gasteiger partial charge in [0.2, 0.25) is 0 Å². The Morgan fingerprint density at radius 2 is 2.33 bits per heavy atom. The van der Waals surface area contributed by atoms with Gasteiger partial charge in [0.25, 0.3) is 0 Å². The van der Waals surface area contributed by atoms with Gasteiger partial charge in [0, 0.05) is 23.8 Å². The second kappa shape index (κ2) is 6.02. The summed E-state index contributed by atoms with van der Waals surface area (Å²) in [5.41, 5.74) is 5.42. The molecule has 1 aromatic rings. The molecule has 1 aromatic heterocycles. The van der Waals surface area contributed by atoms with Crippen molar-refractivity contribution in [2.75, 3.05) is 24.5 Å². The van der Waals surface area contributed by atoms with Crippen molar-refractivity contribution in [3.8, 4) is 0 Å². The summed E-state index contributed by atoms with van der Waals surface area (Å²) in [6.07, 6.45) is 2.44. The van der Waals surface area contributed by atoms with Gasteiger partial charge in [-0.25, -0.2) is 9.37 Å². The molecule has 0 spiro atoms. The molecule has 0 saturated heterocycles. The average Bonchev–Trinajstić information content (AvgIpc) is 2.21. The summed E-state index contributed by atoms with van der Waals surface area (Å²) in [4.78, 5) is 5.95. The van der Waals surface area contributed by atoms with Crippen LogP contribution in [0.1, 0.15) is 13.3 Å². The first-order chi connectivity index (χ1) is 7.19. The van der Waals surface area contributed by atoms with E-state index in [1.54, 1.807) is 6.20 Å². The average molecular weight is 276 g/mol. The van der Waals surface area contributed by atoms with Crippen LogP contribution >= 0.6 is 15.9 Å². The second-order valence-electron chi connectivity index (χ2n) is 3.18. The van der Waals surface area contributed by atoms with Crippen molar-refractivity contribution in [2.45, 2.75) is 13.3 Å². The van der Waals surface area contributed by atoms with Gasteiger partial charge in [-0.2, -0.15) is 0 Å². The Balaban J connectivity index is 2.81. The zero-order valence-electron chi connectivity index (χ0n) is 8.71. The van der Waals surface area contributed by atoms with Crippen LogP contribution in [-0.4, -0.2) is 24.6 Å². The molecule has 84 valence electrons. The first-order valence-corrected chi connectivity index (χ1v) is 5.74. The highest BCUT2D eigenvalue weighted by Gasteiger charge is 2.11. The molecule has 0 radical (unpaired) electrons. The van der Waals surface area contributed by atoms with Crippen molar-refractivity contribution >= 4 is 21.7 Å². The molecular weight excluding hydrogens is 261 g/mol. The maximum atomic E-state index is 13.5. The lowest BCUT2D eigenvalue weighted by Crippen LogP contribution is -2.27. The third-order valence-electron chi connectivity index (χ3n) is 2.10. The lowest BCUT2D eigenvalue weighted by Gasteiger charge is -2.21. The minimum Gasteiger partial charge on any atom is -0.354 e. The molecule has 0 fully saturated rings. The van der Waals surface area contributed by atoms with Crippen LogP contribution in [0.4, 0.5) is 10.2 Å². The van der Waals surface area contributed by atoms with E-state index >= 15 is 0 Å². The van der Waals surface area contributed by atoms with Gasteiger partial charge in [-0.15, -0.1) is 0 Å². The van der Waals surface area contributed by atoms with Crippen LogP contribution in [0, 0.1) is 5.82 Å². The highest BCUT2D eigenvalue weighted by Crippen LogP contribution is 2.19. The fourth-order valence-electron chi connectivity index (χ4n) is 1.34. The topological polar surface area (TPSA) is 42.1 Å². The standard InChI is InChI=1S/C10H15BrFN3/c1-2-15(5-3-4-13)10-9(12)6-8(11)7-14-10/h6-7H,2-5,13H2,1H3. The molecule has 0 aromatic carbocycles. The molecule has 2 N–H and O–H groups in total. The summed E-state index contributed by atoms with van der Waals surface area (Å²) in [7, 11) is 0. The van der Waals surface area contributed by atoms with E-state index < -0.39 is 0 Å². The summed E-state index contributed by atoms with van der Waals surface area (Å²) in [6.45, 7) is 4.04. The molecule has 0 bridgehead atoms. The number of nitrogens with two attached hydrogens (primary N) is 1. The fourth-order valence-corrected chi connectivity index (χ4v) is 1.64. The quantitative estimate of drug-likeness (QED) is 0.896. The van der Waals surface area contributed by atoms with Gasteiger partial charge < -0.3 is 10.6 Å². The van der Waals surface area contributed by atoms with Crippen LogP contribution in [0.3, 0.4) is 0 Å². The number of pyridine rings is 1. The minimum atomic E-state index is -0.303. The highest BCUT2D eigenvalue weighted by molar-refractivity contribution is 9.10. The molecule has 0 aliphatic rings. The van der Waals surface area contributed by atoms with Crippen LogP contribution in [0.15, 0.2) is 16.7 Å². The first-order valence-electron chi connectivity index (χ1n) is 4.95. The molecule has 0 aliphatic heterocycles. The first kappa shape index (κ1) is 12.4. The number of rotatable bonds is 5. The maximum absolute atomic E-state index is 13.5. The maximum Gasteiger partial charge on any atom is 0.166 e. The van der Waals surface area contributed by atoms with Crippen LogP contribution < -0.4 is 10.6 Å². The number of aromatic nitrogens is 1. The highest BCUT2D eigenvalue weighted by atomic mass is 79.9. The van der Waals surface area contributed by atoms with E-state index in [0.29, 0.717) is 16.8 Å². The molecule has 1 heterocycles. The van der Waals surface area contributed by atoms with E-state index in [1.807, 2.05) is 11.8 Å². The smallest absolute Gasteiger partial charge is 0.166 e. The monoisotopic (exact) mass is 275 g/mol. The Labute approximate surface area is 97.6 Å². The molecule has 0 amide bonds. The summed E-state index contributed by atoms with van der Waals surface area (Å²) in [5.74, 6) is 0.0948. The van der Waals surface area contributed by atoms with Crippen LogP contribution in [0.5, 0.6) is 0 Å². The van der Waals surface area contributed by atoms with Gasteiger partial charge >= 0.3 is 0 Å². The van der Waals surface area contributed by atoms with Crippen LogP contribution in [0.25, 0.3) is 0 Å². The second-order valence-corrected chi connectivity index (χ2v) is 4.10. The largest absolute Gasteiger partial charge is 0.354 e. The van der Waals surface area contributed by atoms with Crippen LogP contribution in [0.2, 0.25) is 0 Å². The zero-order valence-corrected chi connectivity index (χ0v) is 10.3. The van der Waals surface area contributed by atoms with E-state index in [1.165, 1.54) is 6.07 Å². The van der Waals surface area contributed by atoms with Crippen molar-refractivity contribution in [2.24, 2.45) is 5.73 Å². The van der Waals surface area contributed by atoms with Crippen molar-refractivity contribution in [1.82, 2.24) is 4.98 Å². The third kappa shape index (κ3) is 3.43. The summed E-state index contributed by atoms with van der Waals surface area (Å²) in [5, 5.41) is 0. The van der Waals surface area contributed by atoms with E-state index in [9.17, 15) is 4.39 Å². The van der Waals surface area contributed by atoms with Gasteiger partial charge in [0.05, 0.1) is 0 Å². The van der Waals surface area contributed by atoms with Crippen molar-refractivity contribution in [3.63, 3.8) is 0 Å². The van der Waals surface area contributed by atoms with Gasteiger partial charge in [0.1, 0.15) is 0 Å². The van der Waals surface area contributed by atoms with E-state index in [0.717, 1.165) is 19.5 Å². The minimum absolute atomic E-state index is 0.303. The molecule has 0 unspecified atom stereocenters. The zero-order chi connectivity index (χ0) is 11.3. The predicted octanol–water partition coefficient (Wildman–Crippen LogP) is 2.16. The Bertz CT molecular complexity index is 320. The van der Waals surface area contributed by atoms with Gasteiger partial charge in [-0.3, -0.25) is 0 Å². The molecule has 15 heavy (non-hydrogen) atoms. The summed E-state index contributed by atoms with van der Waals surface area (Å²) < 4.78 is 14.2. The van der Waals surface area contributed by atoms with Crippen molar-refractivity contribution in [1.29, 1.82) is 0 Å². The summed E-state index contributed by atoms with van der Waals surface area (Å²) >= 11 is 3.18. The fraction of sp³-hybridized carbons (Fsp3) is 0.500. The SMILES string of the molecule is CCN(CCCN)c1ncc(Br)cc1F. The molecule has 3 nitrogen and oxygen atoms in total. The van der Waals surface area contributed by atoms with Gasteiger partial charge in [-0.1, -0.05) is 0 Å². The van der Waals surface area contributed by atoms with E-state index in [-0.39, 0.29) is 5.82 Å². The molecular formula is C10H15BrFN3. The predicted molar refractivity (Wildman–Crippen MR) is 63.5 cm³/mol. The Hall–Kier alpha value is -0.680. The normalized spacial score (nSPS) is 10.4. The van der Waals surface area contributed by atoms with Crippen LogP contribution in [-0.2, 0) is 0 Å². The number of hydrogen-bond donors (Lipinski definition) is 1. The number of hydrogen-bond acceptors (Lipinski definition) is 3.